The summed E-state index contributed by atoms with van der Waals surface area (Å²) in [6.07, 6.45) is 11.5. The van der Waals surface area contributed by atoms with Crippen LogP contribution in [-0.2, 0) is 4.74 Å². The summed E-state index contributed by atoms with van der Waals surface area (Å²) in [5.74, 6) is 1.28. The third-order valence-electron chi connectivity index (χ3n) is 6.99. The summed E-state index contributed by atoms with van der Waals surface area (Å²) in [5, 5.41) is 0. The minimum Gasteiger partial charge on any atom is -0.462 e. The van der Waals surface area contributed by atoms with E-state index in [1.165, 1.54) is 11.1 Å². The van der Waals surface area contributed by atoms with E-state index in [-0.39, 0.29) is 5.82 Å². The van der Waals surface area contributed by atoms with Crippen molar-refractivity contribution < 1.29 is 4.74 Å². The van der Waals surface area contributed by atoms with E-state index in [2.05, 4.69) is 126 Å². The molecule has 0 aliphatic carbocycles. The summed E-state index contributed by atoms with van der Waals surface area (Å²) >= 11 is 0. The summed E-state index contributed by atoms with van der Waals surface area (Å²) < 4.78 is 5.75. The lowest BCUT2D eigenvalue weighted by molar-refractivity contribution is 0.318. The number of benzene rings is 4. The van der Waals surface area contributed by atoms with Crippen LogP contribution in [0, 0.1) is 27.0 Å². The van der Waals surface area contributed by atoms with Crippen LogP contribution < -0.4 is 4.90 Å². The second kappa shape index (κ2) is 13.2. The predicted octanol–water partition coefficient (Wildman–Crippen LogP) is 10.8. The second-order valence-electron chi connectivity index (χ2n) is 10.3. The van der Waals surface area contributed by atoms with Gasteiger partial charge in [0.15, 0.2) is 0 Å². The van der Waals surface area contributed by atoms with Crippen molar-refractivity contribution >= 4 is 35.3 Å². The molecule has 43 heavy (non-hydrogen) atoms. The number of allylic oxidation sites excluding steroid dienone is 5. The minimum atomic E-state index is 0.0363. The fourth-order valence-corrected chi connectivity index (χ4v) is 4.68. The molecule has 0 saturated carbocycles. The van der Waals surface area contributed by atoms with E-state index in [1.54, 1.807) is 12.2 Å². The average molecular weight is 558 g/mol. The smallest absolute Gasteiger partial charge is 0.462 e. The zero-order valence-corrected chi connectivity index (χ0v) is 24.5. The van der Waals surface area contributed by atoms with Gasteiger partial charge in [-0.25, -0.2) is 0 Å². The Bertz CT molecular complexity index is 1780. The molecule has 0 aromatic heterocycles. The van der Waals surface area contributed by atoms with E-state index < -0.39 is 0 Å². The highest BCUT2D eigenvalue weighted by Gasteiger charge is 2.16. The average Bonchev–Trinajstić information content (AvgIpc) is 3.02. The van der Waals surface area contributed by atoms with E-state index >= 15 is 0 Å². The molecule has 1 aliphatic heterocycles. The molecule has 4 heteroatoms. The van der Waals surface area contributed by atoms with Gasteiger partial charge < -0.3 is 9.64 Å². The van der Waals surface area contributed by atoms with Gasteiger partial charge in [0.05, 0.1) is 5.57 Å². The first-order valence-corrected chi connectivity index (χ1v) is 14.0. The molecule has 4 nitrogen and oxygen atoms in total. The van der Waals surface area contributed by atoms with Crippen molar-refractivity contribution in [2.45, 2.75) is 20.8 Å². The molecular weight excluding hydrogens is 526 g/mol. The van der Waals surface area contributed by atoms with Crippen LogP contribution in [0.4, 0.5) is 17.1 Å². The standard InChI is InChI=1S/C39H31N3O/c1-28-6-19-35(20-7-28)42(36-21-8-29(2)9-22-36)37-23-16-33(17-24-37)15-12-31-10-13-32(14-11-31)18-25-38-27-34(26-30(3)43-38)39(40-4)41-5/h6-27H,1-3H3/b15-12+,25-18+. The van der Waals surface area contributed by atoms with Gasteiger partial charge in [-0.3, -0.25) is 0 Å². The Hall–Kier alpha value is -5.84. The summed E-state index contributed by atoms with van der Waals surface area (Å²) in [5.41, 5.74) is 9.62. The lowest BCUT2D eigenvalue weighted by Gasteiger charge is -2.25. The van der Waals surface area contributed by atoms with Crippen molar-refractivity contribution in [1.29, 1.82) is 0 Å². The molecule has 208 valence electrons. The molecule has 0 N–H and O–H groups in total. The van der Waals surface area contributed by atoms with E-state index in [1.807, 2.05) is 31.2 Å². The van der Waals surface area contributed by atoms with Gasteiger partial charge >= 0.3 is 5.82 Å². The van der Waals surface area contributed by atoms with Gasteiger partial charge in [0, 0.05) is 17.1 Å². The number of ether oxygens (including phenoxy) is 1. The van der Waals surface area contributed by atoms with Crippen molar-refractivity contribution in [2.75, 3.05) is 4.90 Å². The summed E-state index contributed by atoms with van der Waals surface area (Å²) in [4.78, 5) is 8.89. The molecule has 4 aromatic rings. The Kier molecular flexibility index (Phi) is 8.81. The lowest BCUT2D eigenvalue weighted by atomic mass is 10.1. The number of nitrogens with zero attached hydrogens (tertiary/aromatic N) is 3. The molecular formula is C39H31N3O. The number of hydrogen-bond acceptors (Lipinski definition) is 2. The largest absolute Gasteiger partial charge is 0.526 e. The van der Waals surface area contributed by atoms with E-state index in [0.29, 0.717) is 17.1 Å². The fourth-order valence-electron chi connectivity index (χ4n) is 4.68. The third kappa shape index (κ3) is 7.27. The molecule has 0 atom stereocenters. The van der Waals surface area contributed by atoms with Crippen LogP contribution in [0.5, 0.6) is 0 Å². The maximum atomic E-state index is 7.21. The van der Waals surface area contributed by atoms with Crippen molar-refractivity contribution in [3.05, 3.63) is 189 Å². The van der Waals surface area contributed by atoms with Crippen LogP contribution in [0.15, 0.2) is 138 Å². The molecule has 1 aliphatic rings. The van der Waals surface area contributed by atoms with Gasteiger partial charge in [0.1, 0.15) is 24.7 Å². The Balaban J connectivity index is 1.29. The summed E-state index contributed by atoms with van der Waals surface area (Å²) in [6.45, 7) is 20.4. The highest BCUT2D eigenvalue weighted by atomic mass is 16.5. The maximum Gasteiger partial charge on any atom is 0.526 e. The third-order valence-corrected chi connectivity index (χ3v) is 6.99. The van der Waals surface area contributed by atoms with Crippen LogP contribution in [0.25, 0.3) is 27.9 Å². The molecule has 0 bridgehead atoms. The van der Waals surface area contributed by atoms with E-state index in [9.17, 15) is 0 Å². The van der Waals surface area contributed by atoms with Crippen LogP contribution >= 0.6 is 0 Å². The molecule has 0 radical (unpaired) electrons. The van der Waals surface area contributed by atoms with Crippen LogP contribution in [0.1, 0.15) is 34.7 Å². The first-order valence-electron chi connectivity index (χ1n) is 14.0. The van der Waals surface area contributed by atoms with E-state index in [0.717, 1.165) is 33.8 Å². The second-order valence-corrected chi connectivity index (χ2v) is 10.3. The summed E-state index contributed by atoms with van der Waals surface area (Å²) in [7, 11) is 0. The van der Waals surface area contributed by atoms with Crippen molar-refractivity contribution in [1.82, 2.24) is 0 Å². The van der Waals surface area contributed by atoms with Gasteiger partial charge in [-0.1, -0.05) is 90.0 Å². The molecule has 1 heterocycles. The maximum absolute atomic E-state index is 7.21. The zero-order valence-electron chi connectivity index (χ0n) is 24.5. The van der Waals surface area contributed by atoms with Gasteiger partial charge in [-0.05, 0) is 92.1 Å². The Labute approximate surface area is 254 Å². The molecule has 4 aromatic carbocycles. The fraction of sp³-hybridized carbons (Fsp3) is 0.0769. The van der Waals surface area contributed by atoms with Crippen LogP contribution in [0.3, 0.4) is 0 Å². The molecule has 0 saturated heterocycles. The van der Waals surface area contributed by atoms with Crippen molar-refractivity contribution in [3.63, 3.8) is 0 Å². The Morgan fingerprint density at radius 3 is 1.40 bits per heavy atom. The Morgan fingerprint density at radius 1 is 0.558 bits per heavy atom. The summed E-state index contributed by atoms with van der Waals surface area (Å²) in [6, 6.07) is 34.1. The van der Waals surface area contributed by atoms with Gasteiger partial charge in [0.25, 0.3) is 0 Å². The predicted molar refractivity (Wildman–Crippen MR) is 178 cm³/mol. The van der Waals surface area contributed by atoms with Crippen molar-refractivity contribution in [2.24, 2.45) is 0 Å². The normalized spacial score (nSPS) is 12.7. The molecule has 0 amide bonds. The number of anilines is 3. The zero-order chi connectivity index (χ0) is 30.2. The van der Waals surface area contributed by atoms with E-state index in [4.69, 9.17) is 17.9 Å². The number of hydrogen-bond donors (Lipinski definition) is 0. The highest BCUT2D eigenvalue weighted by molar-refractivity contribution is 5.78. The monoisotopic (exact) mass is 557 g/mol. The number of aryl methyl sites for hydroxylation is 2. The van der Waals surface area contributed by atoms with Gasteiger partial charge in [-0.2, -0.15) is 9.69 Å². The number of rotatable bonds is 7. The lowest BCUT2D eigenvalue weighted by Crippen LogP contribution is -2.09. The van der Waals surface area contributed by atoms with Crippen molar-refractivity contribution in [3.8, 4) is 0 Å². The first-order chi connectivity index (χ1) is 20.9. The topological polar surface area (TPSA) is 21.2 Å². The molecule has 0 spiro atoms. The van der Waals surface area contributed by atoms with Crippen LogP contribution in [0.2, 0.25) is 0 Å². The van der Waals surface area contributed by atoms with Gasteiger partial charge in [-0.15, -0.1) is 0 Å². The molecule has 5 rings (SSSR count). The molecule has 0 unspecified atom stereocenters. The SMILES string of the molecule is [C-]#[N+]C([N+]#[C-])=C1C=C(C)OC(/C=C/c2ccc(/C=C/c3ccc(N(c4ccc(C)cc4)c4ccc(C)cc4)cc3)cc2)=C1. The van der Waals surface area contributed by atoms with Gasteiger partial charge in [0.2, 0.25) is 0 Å². The quantitative estimate of drug-likeness (QED) is 0.166. The minimum absolute atomic E-state index is 0.0363. The highest BCUT2D eigenvalue weighted by Crippen LogP contribution is 2.35. The molecule has 0 fully saturated rings. The first kappa shape index (κ1) is 28.7. The Morgan fingerprint density at radius 2 is 0.953 bits per heavy atom. The van der Waals surface area contributed by atoms with Crippen LogP contribution in [-0.4, -0.2) is 0 Å².